The van der Waals surface area contributed by atoms with Crippen LogP contribution < -0.4 is 0 Å². The molecule has 0 aromatic carbocycles. The van der Waals surface area contributed by atoms with Crippen LogP contribution in [-0.2, 0) is 9.53 Å². The molecule has 0 aromatic heterocycles. The molecule has 0 radical (unpaired) electrons. The number of hydrogen-bond donors (Lipinski definition) is 0. The highest BCUT2D eigenvalue weighted by molar-refractivity contribution is 5.74. The monoisotopic (exact) mass is 214 g/mol. The van der Waals surface area contributed by atoms with Crippen LogP contribution in [0.4, 0.5) is 0 Å². The van der Waals surface area contributed by atoms with Gasteiger partial charge in [0.1, 0.15) is 5.92 Å². The van der Waals surface area contributed by atoms with Crippen molar-refractivity contribution in [3.8, 4) is 6.07 Å². The molecule has 0 amide bonds. The Morgan fingerprint density at radius 2 is 2.20 bits per heavy atom. The molecule has 1 unspecified atom stereocenters. The molecule has 0 aliphatic heterocycles. The summed E-state index contributed by atoms with van der Waals surface area (Å²) in [6.07, 6.45) is 2.16. The Hall–Kier alpha value is -1.64. The first-order valence-corrected chi connectivity index (χ1v) is 4.71. The van der Waals surface area contributed by atoms with Gasteiger partial charge in [-0.25, -0.2) is 0 Å². The van der Waals surface area contributed by atoms with E-state index in [-0.39, 0.29) is 11.5 Å². The molecule has 0 bridgehead atoms. The number of esters is 1. The van der Waals surface area contributed by atoms with Gasteiger partial charge in [0.2, 0.25) is 6.54 Å². The molecule has 0 aliphatic carbocycles. The molecule has 0 saturated heterocycles. The average molecular weight is 214 g/mol. The fourth-order valence-corrected chi connectivity index (χ4v) is 1.14. The van der Waals surface area contributed by atoms with Crippen molar-refractivity contribution in [1.29, 1.82) is 5.26 Å². The van der Waals surface area contributed by atoms with Gasteiger partial charge in [-0.05, 0) is 12.8 Å². The lowest BCUT2D eigenvalue weighted by molar-refractivity contribution is -0.480. The third kappa shape index (κ3) is 6.43. The van der Waals surface area contributed by atoms with E-state index in [1.54, 1.807) is 0 Å². The summed E-state index contributed by atoms with van der Waals surface area (Å²) in [5, 5.41) is 18.6. The maximum Gasteiger partial charge on any atom is 0.323 e. The van der Waals surface area contributed by atoms with E-state index < -0.39 is 11.9 Å². The number of hydrogen-bond acceptors (Lipinski definition) is 5. The number of carbonyl (C=O) groups is 1. The highest BCUT2D eigenvalue weighted by Gasteiger charge is 2.17. The van der Waals surface area contributed by atoms with Gasteiger partial charge < -0.3 is 4.74 Å². The number of unbranched alkanes of at least 4 members (excludes halogenated alkanes) is 2. The standard InChI is InChI=1S/C9H14N2O4/c1-15-9(12)8(7-10)5-3-2-4-6-11(13)14/h8H,2-6H2,1H3. The number of nitro groups is 1. The first-order chi connectivity index (χ1) is 7.11. The topological polar surface area (TPSA) is 93.2 Å². The summed E-state index contributed by atoms with van der Waals surface area (Å²) in [5.41, 5.74) is 0. The summed E-state index contributed by atoms with van der Waals surface area (Å²) in [6.45, 7) is -0.0601. The summed E-state index contributed by atoms with van der Waals surface area (Å²) in [7, 11) is 1.24. The van der Waals surface area contributed by atoms with Crippen molar-refractivity contribution in [3.63, 3.8) is 0 Å². The van der Waals surface area contributed by atoms with Crippen molar-refractivity contribution in [2.24, 2.45) is 5.92 Å². The van der Waals surface area contributed by atoms with Crippen molar-refractivity contribution in [1.82, 2.24) is 0 Å². The molecule has 0 fully saturated rings. The van der Waals surface area contributed by atoms with Crippen molar-refractivity contribution in [2.75, 3.05) is 13.7 Å². The van der Waals surface area contributed by atoms with Crippen LogP contribution in [-0.4, -0.2) is 24.5 Å². The highest BCUT2D eigenvalue weighted by atomic mass is 16.6. The highest BCUT2D eigenvalue weighted by Crippen LogP contribution is 2.10. The number of nitrogens with zero attached hydrogens (tertiary/aromatic N) is 2. The van der Waals surface area contributed by atoms with Crippen molar-refractivity contribution in [3.05, 3.63) is 10.1 Å². The van der Waals surface area contributed by atoms with Crippen LogP contribution >= 0.6 is 0 Å². The first-order valence-electron chi connectivity index (χ1n) is 4.71. The molecule has 84 valence electrons. The zero-order valence-corrected chi connectivity index (χ0v) is 8.64. The molecule has 0 aromatic rings. The fraction of sp³-hybridized carbons (Fsp3) is 0.778. The molecule has 0 N–H and O–H groups in total. The number of ether oxygens (including phenoxy) is 1. The lowest BCUT2D eigenvalue weighted by Gasteiger charge is -2.05. The van der Waals surface area contributed by atoms with E-state index in [0.717, 1.165) is 0 Å². The zero-order valence-electron chi connectivity index (χ0n) is 8.64. The molecule has 0 saturated carbocycles. The van der Waals surface area contributed by atoms with Gasteiger partial charge in [0, 0.05) is 11.3 Å². The minimum atomic E-state index is -0.745. The van der Waals surface area contributed by atoms with E-state index in [2.05, 4.69) is 4.74 Å². The summed E-state index contributed by atoms with van der Waals surface area (Å²) >= 11 is 0. The van der Waals surface area contributed by atoms with E-state index in [0.29, 0.717) is 25.7 Å². The van der Waals surface area contributed by atoms with Gasteiger partial charge in [0.15, 0.2) is 0 Å². The SMILES string of the molecule is COC(=O)C(C#N)CCCCC[N+](=O)[O-]. The van der Waals surface area contributed by atoms with Gasteiger partial charge in [-0.2, -0.15) is 5.26 Å². The molecule has 0 aliphatic rings. The van der Waals surface area contributed by atoms with Crippen LogP contribution in [0.2, 0.25) is 0 Å². The second-order valence-electron chi connectivity index (χ2n) is 3.11. The summed E-state index contributed by atoms with van der Waals surface area (Å²) in [5.74, 6) is -1.28. The van der Waals surface area contributed by atoms with E-state index in [1.165, 1.54) is 7.11 Å². The van der Waals surface area contributed by atoms with Crippen molar-refractivity contribution in [2.45, 2.75) is 25.7 Å². The molecular weight excluding hydrogens is 200 g/mol. The molecule has 0 rings (SSSR count). The minimum Gasteiger partial charge on any atom is -0.468 e. The molecule has 6 heteroatoms. The lowest BCUT2D eigenvalue weighted by atomic mass is 10.0. The van der Waals surface area contributed by atoms with Crippen LogP contribution in [0, 0.1) is 27.4 Å². The van der Waals surface area contributed by atoms with Crippen molar-refractivity contribution < 1.29 is 14.5 Å². The second-order valence-corrected chi connectivity index (χ2v) is 3.11. The van der Waals surface area contributed by atoms with Gasteiger partial charge in [-0.1, -0.05) is 6.42 Å². The van der Waals surface area contributed by atoms with E-state index >= 15 is 0 Å². The predicted molar refractivity (Wildman–Crippen MR) is 51.4 cm³/mol. The quantitative estimate of drug-likeness (QED) is 0.274. The van der Waals surface area contributed by atoms with Crippen LogP contribution in [0.5, 0.6) is 0 Å². The Bertz CT molecular complexity index is 259. The van der Waals surface area contributed by atoms with Crippen molar-refractivity contribution >= 4 is 5.97 Å². The maximum absolute atomic E-state index is 11.0. The van der Waals surface area contributed by atoms with Gasteiger partial charge in [0.25, 0.3) is 0 Å². The smallest absolute Gasteiger partial charge is 0.323 e. The van der Waals surface area contributed by atoms with Crippen LogP contribution in [0.1, 0.15) is 25.7 Å². The predicted octanol–water partition coefficient (Wildman–Crippen LogP) is 1.14. The largest absolute Gasteiger partial charge is 0.468 e. The molecule has 6 nitrogen and oxygen atoms in total. The van der Waals surface area contributed by atoms with Crippen LogP contribution in [0.25, 0.3) is 0 Å². The zero-order chi connectivity index (χ0) is 11.7. The molecule has 1 atom stereocenters. The summed E-state index contributed by atoms with van der Waals surface area (Å²) in [4.78, 5) is 20.6. The Morgan fingerprint density at radius 3 is 2.67 bits per heavy atom. The van der Waals surface area contributed by atoms with E-state index in [9.17, 15) is 14.9 Å². The number of rotatable bonds is 7. The molecule has 0 heterocycles. The Morgan fingerprint density at radius 1 is 1.53 bits per heavy atom. The molecule has 0 spiro atoms. The number of methoxy groups -OCH3 is 1. The number of carbonyl (C=O) groups excluding carboxylic acids is 1. The third-order valence-electron chi connectivity index (χ3n) is 1.98. The van der Waals surface area contributed by atoms with Gasteiger partial charge >= 0.3 is 5.97 Å². The summed E-state index contributed by atoms with van der Waals surface area (Å²) in [6, 6.07) is 1.84. The third-order valence-corrected chi connectivity index (χ3v) is 1.98. The van der Waals surface area contributed by atoms with Gasteiger partial charge in [0.05, 0.1) is 13.2 Å². The average Bonchev–Trinajstić information content (AvgIpc) is 2.22. The van der Waals surface area contributed by atoms with Crippen LogP contribution in [0.3, 0.4) is 0 Å². The molecule has 15 heavy (non-hydrogen) atoms. The Labute approximate surface area is 88.0 Å². The van der Waals surface area contributed by atoms with Gasteiger partial charge in [-0.15, -0.1) is 0 Å². The Kier molecular flexibility index (Phi) is 6.89. The van der Waals surface area contributed by atoms with Crippen LogP contribution in [0.15, 0.2) is 0 Å². The first kappa shape index (κ1) is 13.4. The normalized spacial score (nSPS) is 11.5. The fourth-order valence-electron chi connectivity index (χ4n) is 1.14. The Balaban J connectivity index is 3.61. The summed E-state index contributed by atoms with van der Waals surface area (Å²) < 4.78 is 4.43. The number of nitriles is 1. The van der Waals surface area contributed by atoms with E-state index in [4.69, 9.17) is 5.26 Å². The lowest BCUT2D eigenvalue weighted by Crippen LogP contribution is -2.14. The maximum atomic E-state index is 11.0. The minimum absolute atomic E-state index is 0.0601. The molecular formula is C9H14N2O4. The van der Waals surface area contributed by atoms with Gasteiger partial charge in [-0.3, -0.25) is 14.9 Å². The van der Waals surface area contributed by atoms with E-state index in [1.807, 2.05) is 6.07 Å². The second kappa shape index (κ2) is 7.74.